The van der Waals surface area contributed by atoms with E-state index in [0.717, 1.165) is 31.6 Å². The average Bonchev–Trinajstić information content (AvgIpc) is 2.72. The summed E-state index contributed by atoms with van der Waals surface area (Å²) >= 11 is 0. The molecule has 8 nitrogen and oxygen atoms in total. The Kier molecular flexibility index (Phi) is 5.17. The fourth-order valence-corrected chi connectivity index (χ4v) is 3.96. The number of nitrogens with zero attached hydrogens (tertiary/aromatic N) is 6. The molecule has 0 radical (unpaired) electrons. The second-order valence-corrected chi connectivity index (χ2v) is 9.11. The van der Waals surface area contributed by atoms with Crippen LogP contribution in [-0.4, -0.2) is 37.2 Å². The van der Waals surface area contributed by atoms with E-state index in [0.29, 0.717) is 29.3 Å². The number of hydrogen-bond donors (Lipinski definition) is 0. The van der Waals surface area contributed by atoms with Crippen molar-refractivity contribution in [1.29, 1.82) is 0 Å². The first-order valence-electron chi connectivity index (χ1n) is 10.4. The molecule has 158 valence electrons. The van der Waals surface area contributed by atoms with Crippen LogP contribution in [0.5, 0.6) is 0 Å². The molecule has 0 saturated carbocycles. The van der Waals surface area contributed by atoms with Crippen molar-refractivity contribution in [3.63, 3.8) is 0 Å². The molecule has 1 aliphatic rings. The van der Waals surface area contributed by atoms with Crippen molar-refractivity contribution in [3.05, 3.63) is 57.3 Å². The first-order chi connectivity index (χ1) is 14.2. The van der Waals surface area contributed by atoms with E-state index >= 15 is 0 Å². The highest BCUT2D eigenvalue weighted by Crippen LogP contribution is 2.23. The van der Waals surface area contributed by atoms with Gasteiger partial charge in [0.2, 0.25) is 5.95 Å². The Labute approximate surface area is 175 Å². The molecule has 4 rings (SSSR count). The van der Waals surface area contributed by atoms with Crippen molar-refractivity contribution in [3.8, 4) is 0 Å². The summed E-state index contributed by atoms with van der Waals surface area (Å²) in [4.78, 5) is 40.6. The first-order valence-corrected chi connectivity index (χ1v) is 10.4. The Hall–Kier alpha value is -3.03. The molecule has 1 saturated heterocycles. The summed E-state index contributed by atoms with van der Waals surface area (Å²) in [7, 11) is 1.76. The van der Waals surface area contributed by atoms with Crippen molar-refractivity contribution in [1.82, 2.24) is 24.1 Å². The van der Waals surface area contributed by atoms with Crippen molar-refractivity contribution < 1.29 is 0 Å². The van der Waals surface area contributed by atoms with Gasteiger partial charge in [0.25, 0.3) is 11.1 Å². The van der Waals surface area contributed by atoms with Gasteiger partial charge in [-0.15, -0.1) is 0 Å². The van der Waals surface area contributed by atoms with Gasteiger partial charge in [0.1, 0.15) is 0 Å². The van der Waals surface area contributed by atoms with E-state index in [1.54, 1.807) is 47.0 Å². The summed E-state index contributed by atoms with van der Waals surface area (Å²) < 4.78 is 3.33. The van der Waals surface area contributed by atoms with Gasteiger partial charge >= 0.3 is 0 Å². The molecule has 0 N–H and O–H groups in total. The molecule has 4 heterocycles. The zero-order valence-corrected chi connectivity index (χ0v) is 18.0. The van der Waals surface area contributed by atoms with E-state index in [4.69, 9.17) is 0 Å². The molecule has 0 spiro atoms. The molecule has 0 atom stereocenters. The second-order valence-electron chi connectivity index (χ2n) is 9.11. The number of anilines is 1. The minimum atomic E-state index is -0.137. The van der Waals surface area contributed by atoms with Crippen molar-refractivity contribution >= 4 is 16.9 Å². The van der Waals surface area contributed by atoms with Gasteiger partial charge in [0.15, 0.2) is 0 Å². The zero-order chi connectivity index (χ0) is 21.5. The summed E-state index contributed by atoms with van der Waals surface area (Å²) in [6.45, 7) is 8.41. The van der Waals surface area contributed by atoms with Crippen LogP contribution in [0, 0.1) is 5.92 Å². The maximum atomic E-state index is 12.7. The quantitative estimate of drug-likeness (QED) is 0.660. The molecule has 0 bridgehead atoms. The molecule has 30 heavy (non-hydrogen) atoms. The summed E-state index contributed by atoms with van der Waals surface area (Å²) in [5.74, 6) is 1.06. The average molecular weight is 409 g/mol. The summed E-state index contributed by atoms with van der Waals surface area (Å²) in [5.41, 5.74) is 1.24. The van der Waals surface area contributed by atoms with Crippen LogP contribution in [0.4, 0.5) is 5.95 Å². The summed E-state index contributed by atoms with van der Waals surface area (Å²) in [6, 6.07) is 3.36. The normalized spacial score (nSPS) is 15.7. The van der Waals surface area contributed by atoms with E-state index in [-0.39, 0.29) is 16.5 Å². The maximum Gasteiger partial charge on any atom is 0.262 e. The lowest BCUT2D eigenvalue weighted by Crippen LogP contribution is -2.39. The Morgan fingerprint density at radius 1 is 1.17 bits per heavy atom. The molecule has 0 aromatic carbocycles. The van der Waals surface area contributed by atoms with Crippen molar-refractivity contribution in [2.24, 2.45) is 13.0 Å². The van der Waals surface area contributed by atoms with E-state index in [2.05, 4.69) is 40.6 Å². The molecule has 0 amide bonds. The Balaban J connectivity index is 1.47. The fourth-order valence-electron chi connectivity index (χ4n) is 3.96. The van der Waals surface area contributed by atoms with Crippen LogP contribution in [0.2, 0.25) is 0 Å². The lowest BCUT2D eigenvalue weighted by Gasteiger charge is -2.33. The largest absolute Gasteiger partial charge is 0.342 e. The van der Waals surface area contributed by atoms with Gasteiger partial charge in [-0.05, 0) is 24.8 Å². The van der Waals surface area contributed by atoms with Crippen molar-refractivity contribution in [2.45, 2.75) is 45.6 Å². The molecule has 0 aliphatic carbocycles. The first kappa shape index (κ1) is 20.3. The van der Waals surface area contributed by atoms with Gasteiger partial charge in [-0.25, -0.2) is 9.97 Å². The topological polar surface area (TPSA) is 85.9 Å². The highest BCUT2D eigenvalue weighted by molar-refractivity contribution is 5.77. The van der Waals surface area contributed by atoms with Crippen LogP contribution in [0.3, 0.4) is 0 Å². The number of piperidine rings is 1. The molecule has 0 unspecified atom stereocenters. The van der Waals surface area contributed by atoms with Crippen LogP contribution in [0.1, 0.15) is 39.3 Å². The minimum absolute atomic E-state index is 0.00319. The monoisotopic (exact) mass is 408 g/mol. The predicted molar refractivity (Wildman–Crippen MR) is 117 cm³/mol. The standard InChI is InChI=1S/C22H28N6O2/c1-22(2,3)18-11-19(29)28(14-24-18)13-15-6-9-27(10-7-15)21-25-17-12-23-8-5-16(17)20(30)26(21)4/h5,8,11-12,14-15H,6-7,9-10,13H2,1-4H3. The maximum absolute atomic E-state index is 12.7. The van der Waals surface area contributed by atoms with Gasteiger partial charge in [-0.1, -0.05) is 20.8 Å². The van der Waals surface area contributed by atoms with Gasteiger partial charge in [-0.3, -0.25) is 23.7 Å². The van der Waals surface area contributed by atoms with E-state index in [9.17, 15) is 9.59 Å². The third-order valence-electron chi connectivity index (χ3n) is 5.86. The molecule has 1 fully saturated rings. The third kappa shape index (κ3) is 3.86. The van der Waals surface area contributed by atoms with E-state index < -0.39 is 0 Å². The Bertz CT molecular complexity index is 1180. The van der Waals surface area contributed by atoms with Crippen LogP contribution >= 0.6 is 0 Å². The van der Waals surface area contributed by atoms with Gasteiger partial charge < -0.3 is 4.90 Å². The summed E-state index contributed by atoms with van der Waals surface area (Å²) in [5, 5.41) is 0.580. The zero-order valence-electron chi connectivity index (χ0n) is 18.0. The van der Waals surface area contributed by atoms with Gasteiger partial charge in [0, 0.05) is 44.4 Å². The number of aromatic nitrogens is 5. The van der Waals surface area contributed by atoms with E-state index in [1.165, 1.54) is 0 Å². The van der Waals surface area contributed by atoms with Gasteiger partial charge in [0.05, 0.1) is 29.1 Å². The number of pyridine rings is 1. The minimum Gasteiger partial charge on any atom is -0.342 e. The Morgan fingerprint density at radius 3 is 2.57 bits per heavy atom. The SMILES string of the molecule is Cn1c(N2CCC(Cn3cnc(C(C)(C)C)cc3=O)CC2)nc2cnccc2c1=O. The molecular weight excluding hydrogens is 380 g/mol. The van der Waals surface area contributed by atoms with Crippen LogP contribution in [-0.2, 0) is 19.0 Å². The smallest absolute Gasteiger partial charge is 0.262 e. The summed E-state index contributed by atoms with van der Waals surface area (Å²) in [6.07, 6.45) is 6.77. The lowest BCUT2D eigenvalue weighted by molar-refractivity contribution is 0.347. The highest BCUT2D eigenvalue weighted by atomic mass is 16.1. The second kappa shape index (κ2) is 7.66. The molecule has 3 aromatic heterocycles. The Morgan fingerprint density at radius 2 is 1.90 bits per heavy atom. The van der Waals surface area contributed by atoms with Crippen LogP contribution < -0.4 is 16.0 Å². The number of hydrogen-bond acceptors (Lipinski definition) is 6. The molecule has 1 aliphatic heterocycles. The highest BCUT2D eigenvalue weighted by Gasteiger charge is 2.24. The lowest BCUT2D eigenvalue weighted by atomic mass is 9.92. The molecule has 8 heteroatoms. The van der Waals surface area contributed by atoms with Crippen LogP contribution in [0.15, 0.2) is 40.4 Å². The molecular formula is C22H28N6O2. The van der Waals surface area contributed by atoms with Gasteiger partial charge in [-0.2, -0.15) is 0 Å². The molecule has 3 aromatic rings. The van der Waals surface area contributed by atoms with Crippen molar-refractivity contribution in [2.75, 3.05) is 18.0 Å². The predicted octanol–water partition coefficient (Wildman–Crippen LogP) is 2.10. The number of rotatable bonds is 3. The number of fused-ring (bicyclic) bond motifs is 1. The van der Waals surface area contributed by atoms with E-state index in [1.807, 2.05) is 0 Å². The fraction of sp³-hybridized carbons (Fsp3) is 0.500. The third-order valence-corrected chi connectivity index (χ3v) is 5.86. The van der Waals surface area contributed by atoms with Crippen LogP contribution in [0.25, 0.3) is 10.9 Å².